The maximum Gasteiger partial charge on any atom is 0.238 e. The third kappa shape index (κ3) is 3.87. The van der Waals surface area contributed by atoms with Crippen molar-refractivity contribution in [2.45, 2.75) is 32.1 Å². The van der Waals surface area contributed by atoms with Crippen molar-refractivity contribution in [2.75, 3.05) is 16.0 Å². The maximum absolute atomic E-state index is 12.4. The highest BCUT2D eigenvalue weighted by molar-refractivity contribution is 8.00. The number of carbonyl (C=O) groups is 2. The average molecular weight is 354 g/mol. The lowest BCUT2D eigenvalue weighted by Crippen LogP contribution is -2.28. The van der Waals surface area contributed by atoms with E-state index >= 15 is 0 Å². The molecule has 1 aliphatic heterocycles. The van der Waals surface area contributed by atoms with E-state index in [0.717, 1.165) is 28.9 Å². The van der Waals surface area contributed by atoms with E-state index in [1.807, 2.05) is 67.3 Å². The van der Waals surface area contributed by atoms with Gasteiger partial charge in [0.1, 0.15) is 5.37 Å². The summed E-state index contributed by atoms with van der Waals surface area (Å²) >= 11 is 1.63. The molecule has 0 bridgehead atoms. The Kier molecular flexibility index (Phi) is 5.43. The minimum Gasteiger partial charge on any atom is -0.326 e. The summed E-state index contributed by atoms with van der Waals surface area (Å²) in [7, 11) is 0. The van der Waals surface area contributed by atoms with E-state index in [-0.39, 0.29) is 17.2 Å². The Bertz CT molecular complexity index is 774. The minimum atomic E-state index is -0.0333. The van der Waals surface area contributed by atoms with Gasteiger partial charge in [0.05, 0.1) is 5.75 Å². The lowest BCUT2D eigenvalue weighted by Gasteiger charge is -2.26. The molecular formula is C20H22N2O2S. The molecule has 4 nitrogen and oxygen atoms in total. The van der Waals surface area contributed by atoms with Gasteiger partial charge in [-0.05, 0) is 42.7 Å². The van der Waals surface area contributed by atoms with Crippen molar-refractivity contribution in [3.05, 3.63) is 59.7 Å². The standard InChI is InChI=1S/C20H22N2O2S/c1-3-6-18(23)21-16-11-9-15(10-12-16)20-22(19(24)13-25-20)17-8-5-4-7-14(17)2/h4-5,7-12,20H,3,6,13H2,1-2H3,(H,21,23)/t20-/m0/s1. The molecule has 1 heterocycles. The number of nitrogens with zero attached hydrogens (tertiary/aromatic N) is 1. The molecule has 0 aromatic heterocycles. The first-order valence-electron chi connectivity index (χ1n) is 8.49. The quantitative estimate of drug-likeness (QED) is 0.859. The fourth-order valence-corrected chi connectivity index (χ4v) is 4.12. The van der Waals surface area contributed by atoms with Crippen molar-refractivity contribution in [3.8, 4) is 0 Å². The van der Waals surface area contributed by atoms with Crippen LogP contribution in [-0.2, 0) is 9.59 Å². The van der Waals surface area contributed by atoms with Gasteiger partial charge in [-0.15, -0.1) is 11.8 Å². The second-order valence-electron chi connectivity index (χ2n) is 6.13. The largest absolute Gasteiger partial charge is 0.326 e. The highest BCUT2D eigenvalue weighted by atomic mass is 32.2. The van der Waals surface area contributed by atoms with E-state index in [9.17, 15) is 9.59 Å². The van der Waals surface area contributed by atoms with E-state index in [4.69, 9.17) is 0 Å². The van der Waals surface area contributed by atoms with Gasteiger partial charge in [-0.2, -0.15) is 0 Å². The molecule has 0 unspecified atom stereocenters. The molecule has 1 fully saturated rings. The Morgan fingerprint density at radius 2 is 1.92 bits per heavy atom. The topological polar surface area (TPSA) is 49.4 Å². The van der Waals surface area contributed by atoms with Gasteiger partial charge in [-0.25, -0.2) is 0 Å². The highest BCUT2D eigenvalue weighted by Gasteiger charge is 2.34. The lowest BCUT2D eigenvalue weighted by molar-refractivity contribution is -0.116. The third-order valence-electron chi connectivity index (χ3n) is 4.20. The lowest BCUT2D eigenvalue weighted by atomic mass is 10.1. The van der Waals surface area contributed by atoms with Gasteiger partial charge in [0.2, 0.25) is 11.8 Å². The molecule has 0 spiro atoms. The van der Waals surface area contributed by atoms with Crippen molar-refractivity contribution < 1.29 is 9.59 Å². The molecular weight excluding hydrogens is 332 g/mol. The fourth-order valence-electron chi connectivity index (χ4n) is 2.95. The number of rotatable bonds is 5. The van der Waals surface area contributed by atoms with Crippen molar-refractivity contribution >= 4 is 35.0 Å². The summed E-state index contributed by atoms with van der Waals surface area (Å²) in [6.45, 7) is 4.01. The van der Waals surface area contributed by atoms with E-state index in [2.05, 4.69) is 5.32 Å². The summed E-state index contributed by atoms with van der Waals surface area (Å²) in [4.78, 5) is 26.0. The Balaban J connectivity index is 1.82. The van der Waals surface area contributed by atoms with Crippen LogP contribution >= 0.6 is 11.8 Å². The van der Waals surface area contributed by atoms with E-state index < -0.39 is 0 Å². The number of anilines is 2. The monoisotopic (exact) mass is 354 g/mol. The number of aryl methyl sites for hydroxylation is 1. The summed E-state index contributed by atoms with van der Waals surface area (Å²) in [5, 5.41) is 2.86. The first kappa shape index (κ1) is 17.5. The molecule has 3 rings (SSSR count). The first-order chi connectivity index (χ1) is 12.1. The van der Waals surface area contributed by atoms with Crippen LogP contribution in [0.4, 0.5) is 11.4 Å². The molecule has 0 aliphatic carbocycles. The zero-order chi connectivity index (χ0) is 17.8. The number of para-hydroxylation sites is 1. The third-order valence-corrected chi connectivity index (χ3v) is 5.41. The summed E-state index contributed by atoms with van der Waals surface area (Å²) in [6.07, 6.45) is 1.35. The summed E-state index contributed by atoms with van der Waals surface area (Å²) in [5.74, 6) is 0.639. The number of amides is 2. The maximum atomic E-state index is 12.4. The van der Waals surface area contributed by atoms with Crippen LogP contribution in [0.2, 0.25) is 0 Å². The fraction of sp³-hybridized carbons (Fsp3) is 0.300. The number of carbonyl (C=O) groups excluding carboxylic acids is 2. The van der Waals surface area contributed by atoms with Crippen LogP contribution in [0.25, 0.3) is 0 Å². The van der Waals surface area contributed by atoms with Crippen LogP contribution in [0.3, 0.4) is 0 Å². The van der Waals surface area contributed by atoms with Crippen molar-refractivity contribution in [1.82, 2.24) is 0 Å². The van der Waals surface area contributed by atoms with E-state index in [1.165, 1.54) is 0 Å². The van der Waals surface area contributed by atoms with Gasteiger partial charge in [-0.3, -0.25) is 14.5 Å². The molecule has 2 aromatic carbocycles. The highest BCUT2D eigenvalue weighted by Crippen LogP contribution is 2.42. The van der Waals surface area contributed by atoms with Gasteiger partial charge in [0.25, 0.3) is 0 Å². The van der Waals surface area contributed by atoms with Gasteiger partial charge in [0, 0.05) is 17.8 Å². The second-order valence-corrected chi connectivity index (χ2v) is 7.20. The number of hydrogen-bond donors (Lipinski definition) is 1. The number of thioether (sulfide) groups is 1. The van der Waals surface area contributed by atoms with Crippen LogP contribution in [0.1, 0.15) is 36.3 Å². The Hall–Kier alpha value is -2.27. The molecule has 0 saturated carbocycles. The zero-order valence-electron chi connectivity index (χ0n) is 14.5. The molecule has 1 saturated heterocycles. The van der Waals surface area contributed by atoms with Crippen LogP contribution in [0.5, 0.6) is 0 Å². The Labute approximate surface area is 152 Å². The number of benzene rings is 2. The molecule has 1 N–H and O–H groups in total. The zero-order valence-corrected chi connectivity index (χ0v) is 15.3. The van der Waals surface area contributed by atoms with Crippen LogP contribution in [0.15, 0.2) is 48.5 Å². The molecule has 1 aliphatic rings. The molecule has 2 aromatic rings. The number of hydrogen-bond acceptors (Lipinski definition) is 3. The molecule has 2 amide bonds. The van der Waals surface area contributed by atoms with Crippen molar-refractivity contribution in [1.29, 1.82) is 0 Å². The molecule has 0 radical (unpaired) electrons. The van der Waals surface area contributed by atoms with Crippen LogP contribution in [-0.4, -0.2) is 17.6 Å². The van der Waals surface area contributed by atoms with Crippen LogP contribution in [0, 0.1) is 6.92 Å². The van der Waals surface area contributed by atoms with Crippen LogP contribution < -0.4 is 10.2 Å². The predicted molar refractivity (Wildman–Crippen MR) is 104 cm³/mol. The summed E-state index contributed by atoms with van der Waals surface area (Å²) in [6, 6.07) is 15.7. The number of nitrogens with one attached hydrogen (secondary N) is 1. The van der Waals surface area contributed by atoms with Gasteiger partial charge in [0.15, 0.2) is 0 Å². The summed E-state index contributed by atoms with van der Waals surface area (Å²) < 4.78 is 0. The Morgan fingerprint density at radius 3 is 2.60 bits per heavy atom. The van der Waals surface area contributed by atoms with E-state index in [0.29, 0.717) is 12.2 Å². The second kappa shape index (κ2) is 7.74. The minimum absolute atomic E-state index is 0.0298. The van der Waals surface area contributed by atoms with E-state index in [1.54, 1.807) is 11.8 Å². The molecule has 25 heavy (non-hydrogen) atoms. The van der Waals surface area contributed by atoms with Gasteiger partial charge in [-0.1, -0.05) is 37.3 Å². The van der Waals surface area contributed by atoms with Crippen molar-refractivity contribution in [3.63, 3.8) is 0 Å². The molecule has 5 heteroatoms. The Morgan fingerprint density at radius 1 is 1.20 bits per heavy atom. The normalized spacial score (nSPS) is 17.0. The predicted octanol–water partition coefficient (Wildman–Crippen LogP) is 4.51. The summed E-state index contributed by atoms with van der Waals surface area (Å²) in [5.41, 5.74) is 3.90. The van der Waals surface area contributed by atoms with Gasteiger partial charge >= 0.3 is 0 Å². The smallest absolute Gasteiger partial charge is 0.238 e. The first-order valence-corrected chi connectivity index (χ1v) is 9.54. The molecule has 1 atom stereocenters. The molecule has 130 valence electrons. The SMILES string of the molecule is CCCC(=O)Nc1ccc([C@@H]2SCC(=O)N2c2ccccc2C)cc1. The average Bonchev–Trinajstić information content (AvgIpc) is 2.98. The van der Waals surface area contributed by atoms with Crippen molar-refractivity contribution in [2.24, 2.45) is 0 Å². The van der Waals surface area contributed by atoms with Gasteiger partial charge < -0.3 is 5.32 Å².